The first-order chi connectivity index (χ1) is 8.18. The lowest BCUT2D eigenvalue weighted by molar-refractivity contribution is 0.135. The number of benzene rings is 1. The van der Waals surface area contributed by atoms with Crippen molar-refractivity contribution in [3.63, 3.8) is 0 Å². The lowest BCUT2D eigenvalue weighted by Gasteiger charge is -2.43. The van der Waals surface area contributed by atoms with Crippen molar-refractivity contribution >= 4 is 5.69 Å². The molecule has 1 aliphatic heterocycles. The monoisotopic (exact) mass is 238 g/mol. The molecule has 3 N–H and O–H groups in total. The maximum atomic E-state index is 13.6. The zero-order valence-electron chi connectivity index (χ0n) is 10.0. The standard InChI is InChI=1S/C13H19FN2O/c1-10-8-15-7-6-13(10,9-17)16-12-5-3-2-4-11(12)14/h2-5,10,15-17H,6-9H2,1H3. The molecule has 0 spiro atoms. The van der Waals surface area contributed by atoms with Crippen molar-refractivity contribution in [2.45, 2.75) is 18.9 Å². The Bertz CT molecular complexity index is 385. The van der Waals surface area contributed by atoms with Crippen LogP contribution < -0.4 is 10.6 Å². The number of anilines is 1. The smallest absolute Gasteiger partial charge is 0.146 e. The Balaban J connectivity index is 2.22. The van der Waals surface area contributed by atoms with Crippen LogP contribution in [0.4, 0.5) is 10.1 Å². The van der Waals surface area contributed by atoms with Gasteiger partial charge in [-0.2, -0.15) is 0 Å². The molecule has 2 unspecified atom stereocenters. The molecule has 2 atom stereocenters. The number of halogens is 1. The van der Waals surface area contributed by atoms with Crippen LogP contribution in [0.25, 0.3) is 0 Å². The first kappa shape index (κ1) is 12.3. The van der Waals surface area contributed by atoms with Crippen molar-refractivity contribution in [1.82, 2.24) is 5.32 Å². The van der Waals surface area contributed by atoms with Gasteiger partial charge in [0.1, 0.15) is 5.82 Å². The number of piperidine rings is 1. The second-order valence-corrected chi connectivity index (χ2v) is 4.77. The molecule has 1 saturated heterocycles. The first-order valence-electron chi connectivity index (χ1n) is 6.02. The van der Waals surface area contributed by atoms with Crippen molar-refractivity contribution in [2.75, 3.05) is 25.0 Å². The molecule has 1 fully saturated rings. The molecule has 0 saturated carbocycles. The van der Waals surface area contributed by atoms with Crippen LogP contribution in [0, 0.1) is 11.7 Å². The second kappa shape index (κ2) is 5.02. The molecule has 1 aromatic carbocycles. The largest absolute Gasteiger partial charge is 0.394 e. The molecule has 0 aromatic heterocycles. The maximum absolute atomic E-state index is 13.6. The third kappa shape index (κ3) is 2.42. The number of aliphatic hydroxyl groups is 1. The van der Waals surface area contributed by atoms with Crippen LogP contribution in [0.15, 0.2) is 24.3 Å². The van der Waals surface area contributed by atoms with E-state index in [9.17, 15) is 9.50 Å². The Kier molecular flexibility index (Phi) is 3.64. The summed E-state index contributed by atoms with van der Waals surface area (Å²) in [7, 11) is 0. The quantitative estimate of drug-likeness (QED) is 0.749. The van der Waals surface area contributed by atoms with Crippen molar-refractivity contribution in [1.29, 1.82) is 0 Å². The minimum absolute atomic E-state index is 0.0180. The molecule has 2 rings (SSSR count). The van der Waals surface area contributed by atoms with Crippen molar-refractivity contribution in [3.05, 3.63) is 30.1 Å². The molecule has 0 amide bonds. The summed E-state index contributed by atoms with van der Waals surface area (Å²) in [6, 6.07) is 6.60. The summed E-state index contributed by atoms with van der Waals surface area (Å²) in [6.07, 6.45) is 0.791. The van der Waals surface area contributed by atoms with Gasteiger partial charge in [0, 0.05) is 6.54 Å². The van der Waals surface area contributed by atoms with Crippen LogP contribution in [-0.2, 0) is 0 Å². The molecule has 4 heteroatoms. The third-order valence-electron chi connectivity index (χ3n) is 3.68. The zero-order valence-corrected chi connectivity index (χ0v) is 10.0. The summed E-state index contributed by atoms with van der Waals surface area (Å²) in [6.45, 7) is 3.76. The van der Waals surface area contributed by atoms with Gasteiger partial charge in [0.25, 0.3) is 0 Å². The average Bonchev–Trinajstić information content (AvgIpc) is 2.35. The highest BCUT2D eigenvalue weighted by Crippen LogP contribution is 2.29. The van der Waals surface area contributed by atoms with E-state index in [1.54, 1.807) is 18.2 Å². The van der Waals surface area contributed by atoms with Crippen molar-refractivity contribution in [2.24, 2.45) is 5.92 Å². The van der Waals surface area contributed by atoms with E-state index in [1.807, 2.05) is 0 Å². The molecule has 1 heterocycles. The van der Waals surface area contributed by atoms with Crippen LogP contribution in [-0.4, -0.2) is 30.3 Å². The number of aliphatic hydroxyl groups excluding tert-OH is 1. The summed E-state index contributed by atoms with van der Waals surface area (Å²) in [4.78, 5) is 0. The SMILES string of the molecule is CC1CNCCC1(CO)Nc1ccccc1F. The van der Waals surface area contributed by atoms with Gasteiger partial charge < -0.3 is 15.7 Å². The van der Waals surface area contributed by atoms with E-state index >= 15 is 0 Å². The molecule has 1 aromatic rings. The summed E-state index contributed by atoms with van der Waals surface area (Å²) in [5.41, 5.74) is 0.0447. The van der Waals surface area contributed by atoms with Crippen LogP contribution in [0.3, 0.4) is 0 Å². The van der Waals surface area contributed by atoms with Gasteiger partial charge in [-0.3, -0.25) is 0 Å². The summed E-state index contributed by atoms with van der Waals surface area (Å²) < 4.78 is 13.6. The highest BCUT2D eigenvalue weighted by molar-refractivity contribution is 5.47. The zero-order chi connectivity index (χ0) is 12.3. The Morgan fingerprint density at radius 1 is 1.53 bits per heavy atom. The number of para-hydroxylation sites is 1. The van der Waals surface area contributed by atoms with E-state index in [2.05, 4.69) is 17.6 Å². The molecule has 94 valence electrons. The van der Waals surface area contributed by atoms with Crippen molar-refractivity contribution < 1.29 is 9.50 Å². The normalized spacial score (nSPS) is 29.0. The van der Waals surface area contributed by atoms with Gasteiger partial charge in [-0.25, -0.2) is 4.39 Å². The number of hydrogen-bond donors (Lipinski definition) is 3. The Morgan fingerprint density at radius 2 is 2.29 bits per heavy atom. The average molecular weight is 238 g/mol. The van der Waals surface area contributed by atoms with E-state index in [1.165, 1.54) is 6.07 Å². The van der Waals surface area contributed by atoms with Gasteiger partial charge in [-0.05, 0) is 31.0 Å². The second-order valence-electron chi connectivity index (χ2n) is 4.77. The maximum Gasteiger partial charge on any atom is 0.146 e. The van der Waals surface area contributed by atoms with E-state index < -0.39 is 5.54 Å². The molecular weight excluding hydrogens is 219 g/mol. The van der Waals surface area contributed by atoms with Gasteiger partial charge in [0.2, 0.25) is 0 Å². The van der Waals surface area contributed by atoms with Crippen LogP contribution in [0.1, 0.15) is 13.3 Å². The predicted molar refractivity (Wildman–Crippen MR) is 66.5 cm³/mol. The lowest BCUT2D eigenvalue weighted by Crippen LogP contribution is -2.56. The van der Waals surface area contributed by atoms with E-state index in [0.29, 0.717) is 5.69 Å². The summed E-state index contributed by atoms with van der Waals surface area (Å²) >= 11 is 0. The fraction of sp³-hybridized carbons (Fsp3) is 0.538. The Morgan fingerprint density at radius 3 is 2.94 bits per heavy atom. The molecule has 0 bridgehead atoms. The summed E-state index contributed by atoms with van der Waals surface area (Å²) in [5, 5.41) is 16.1. The minimum atomic E-state index is -0.423. The Hall–Kier alpha value is -1.13. The molecule has 1 aliphatic rings. The molecular formula is C13H19FN2O. The highest BCUT2D eigenvalue weighted by Gasteiger charge is 2.38. The van der Waals surface area contributed by atoms with Gasteiger partial charge >= 0.3 is 0 Å². The van der Waals surface area contributed by atoms with Crippen molar-refractivity contribution in [3.8, 4) is 0 Å². The van der Waals surface area contributed by atoms with Gasteiger partial charge in [-0.15, -0.1) is 0 Å². The first-order valence-corrected chi connectivity index (χ1v) is 6.02. The van der Waals surface area contributed by atoms with E-state index in [4.69, 9.17) is 0 Å². The van der Waals surface area contributed by atoms with Crippen LogP contribution in [0.5, 0.6) is 0 Å². The van der Waals surface area contributed by atoms with Crippen LogP contribution >= 0.6 is 0 Å². The lowest BCUT2D eigenvalue weighted by atomic mass is 9.80. The number of rotatable bonds is 3. The van der Waals surface area contributed by atoms with Crippen LogP contribution in [0.2, 0.25) is 0 Å². The topological polar surface area (TPSA) is 44.3 Å². The fourth-order valence-electron chi connectivity index (χ4n) is 2.36. The minimum Gasteiger partial charge on any atom is -0.394 e. The number of hydrogen-bond acceptors (Lipinski definition) is 3. The highest BCUT2D eigenvalue weighted by atomic mass is 19.1. The Labute approximate surface area is 101 Å². The molecule has 0 aliphatic carbocycles. The molecule has 3 nitrogen and oxygen atoms in total. The third-order valence-corrected chi connectivity index (χ3v) is 3.68. The summed E-state index contributed by atoms with van der Waals surface area (Å²) in [5.74, 6) is -0.0214. The number of nitrogens with one attached hydrogen (secondary N) is 2. The predicted octanol–water partition coefficient (Wildman–Crippen LogP) is 1.60. The van der Waals surface area contributed by atoms with Gasteiger partial charge in [-0.1, -0.05) is 19.1 Å². The molecule has 17 heavy (non-hydrogen) atoms. The molecule has 0 radical (unpaired) electrons. The van der Waals surface area contributed by atoms with Gasteiger partial charge in [0.05, 0.1) is 17.8 Å². The fourth-order valence-corrected chi connectivity index (χ4v) is 2.36. The van der Waals surface area contributed by atoms with E-state index in [0.717, 1.165) is 19.5 Å². The van der Waals surface area contributed by atoms with Gasteiger partial charge in [0.15, 0.2) is 0 Å². The van der Waals surface area contributed by atoms with E-state index in [-0.39, 0.29) is 18.3 Å².